The van der Waals surface area contributed by atoms with Crippen LogP contribution in [0.1, 0.15) is 24.5 Å². The van der Waals surface area contributed by atoms with Crippen molar-refractivity contribution in [2.75, 3.05) is 31.1 Å². The second-order valence-electron chi connectivity index (χ2n) is 6.70. The molecule has 1 atom stereocenters. The summed E-state index contributed by atoms with van der Waals surface area (Å²) in [4.78, 5) is 15.5. The topological polar surface area (TPSA) is 65.4 Å². The van der Waals surface area contributed by atoms with E-state index in [0.29, 0.717) is 11.1 Å². The van der Waals surface area contributed by atoms with E-state index in [0.717, 1.165) is 50.8 Å². The van der Waals surface area contributed by atoms with Gasteiger partial charge in [-0.2, -0.15) is 0 Å². The second-order valence-corrected chi connectivity index (χ2v) is 7.10. The second kappa shape index (κ2) is 11.4. The zero-order valence-corrected chi connectivity index (χ0v) is 19.4. The molecule has 0 radical (unpaired) electrons. The van der Waals surface area contributed by atoms with Crippen LogP contribution < -0.4 is 15.5 Å². The Balaban J connectivity index is 0.00000280. The van der Waals surface area contributed by atoms with Gasteiger partial charge in [0.2, 0.25) is 0 Å². The normalized spacial score (nSPS) is 16.6. The van der Waals surface area contributed by atoms with Crippen molar-refractivity contribution in [3.63, 3.8) is 0 Å². The molecule has 28 heavy (non-hydrogen) atoms. The first-order valence-electron chi connectivity index (χ1n) is 9.47. The molecule has 0 spiro atoms. The first-order chi connectivity index (χ1) is 13.2. The van der Waals surface area contributed by atoms with Gasteiger partial charge in [0, 0.05) is 50.8 Å². The Morgan fingerprint density at radius 2 is 2.21 bits per heavy atom. The molecule has 2 N–H and O–H groups in total. The van der Waals surface area contributed by atoms with Crippen LogP contribution in [0.4, 0.5) is 5.82 Å². The quantitative estimate of drug-likeness (QED) is 0.351. The van der Waals surface area contributed by atoms with E-state index >= 15 is 0 Å². The molecule has 2 aromatic heterocycles. The summed E-state index contributed by atoms with van der Waals surface area (Å²) in [6.07, 6.45) is 7.46. The fourth-order valence-electron chi connectivity index (χ4n) is 3.26. The first kappa shape index (κ1) is 22.7. The number of rotatable bonds is 6. The number of nitrogens with zero attached hydrogens (tertiary/aromatic N) is 4. The van der Waals surface area contributed by atoms with Gasteiger partial charge < -0.3 is 15.5 Å². The molecule has 1 fully saturated rings. The number of aryl methyl sites for hydroxylation is 1. The first-order valence-corrected chi connectivity index (χ1v) is 9.85. The molecule has 0 aromatic carbocycles. The molecule has 1 aliphatic rings. The summed E-state index contributed by atoms with van der Waals surface area (Å²) in [7, 11) is 0. The molecule has 6 nitrogen and oxygen atoms in total. The predicted octanol–water partition coefficient (Wildman–Crippen LogP) is 3.43. The van der Waals surface area contributed by atoms with Gasteiger partial charge in [-0.15, -0.1) is 24.0 Å². The number of anilines is 1. The molecule has 1 saturated heterocycles. The smallest absolute Gasteiger partial charge is 0.191 e. The number of hydrogen-bond donors (Lipinski definition) is 2. The van der Waals surface area contributed by atoms with Gasteiger partial charge in [0.15, 0.2) is 5.96 Å². The van der Waals surface area contributed by atoms with Crippen LogP contribution in [0.15, 0.2) is 41.8 Å². The van der Waals surface area contributed by atoms with Gasteiger partial charge in [0.1, 0.15) is 5.82 Å². The van der Waals surface area contributed by atoms with Crippen molar-refractivity contribution >= 4 is 47.4 Å². The molecule has 0 saturated carbocycles. The highest BCUT2D eigenvalue weighted by molar-refractivity contribution is 14.0. The van der Waals surface area contributed by atoms with E-state index in [2.05, 4.69) is 45.4 Å². The Kier molecular flexibility index (Phi) is 9.24. The number of aromatic nitrogens is 2. The summed E-state index contributed by atoms with van der Waals surface area (Å²) in [5, 5.41) is 7.59. The third kappa shape index (κ3) is 6.20. The average Bonchev–Trinajstić information content (AvgIpc) is 3.12. The third-order valence-corrected chi connectivity index (χ3v) is 4.99. The maximum absolute atomic E-state index is 6.28. The Morgan fingerprint density at radius 1 is 1.36 bits per heavy atom. The molecule has 3 rings (SSSR count). The van der Waals surface area contributed by atoms with Crippen LogP contribution in [0.2, 0.25) is 5.02 Å². The maximum Gasteiger partial charge on any atom is 0.191 e. The standard InChI is InChI=1S/C20H27ClN6.HI/c1-3-23-20(25-11-7-16-6-10-22-13-15(16)2)26-17-8-12-27(14-17)19-18(21)5-4-9-24-19;/h4-6,9-10,13,17H,3,7-8,11-12,14H2,1-2H3,(H2,23,25,26);1H. The lowest BCUT2D eigenvalue weighted by atomic mass is 10.1. The van der Waals surface area contributed by atoms with Crippen LogP contribution in [0.5, 0.6) is 0 Å². The van der Waals surface area contributed by atoms with E-state index in [9.17, 15) is 0 Å². The fourth-order valence-corrected chi connectivity index (χ4v) is 3.51. The molecule has 8 heteroatoms. The van der Waals surface area contributed by atoms with Crippen molar-refractivity contribution in [1.82, 2.24) is 20.6 Å². The van der Waals surface area contributed by atoms with Crippen LogP contribution in [0.25, 0.3) is 0 Å². The Labute approximate surface area is 189 Å². The van der Waals surface area contributed by atoms with Gasteiger partial charge in [-0.25, -0.2) is 4.98 Å². The van der Waals surface area contributed by atoms with Gasteiger partial charge in [-0.1, -0.05) is 11.6 Å². The number of nitrogens with one attached hydrogen (secondary N) is 2. The molecule has 2 aromatic rings. The number of halogens is 2. The Hall–Kier alpha value is -1.61. The molecule has 3 heterocycles. The molecule has 0 aliphatic carbocycles. The number of hydrogen-bond acceptors (Lipinski definition) is 4. The number of pyridine rings is 2. The molecular weight excluding hydrogens is 487 g/mol. The number of guanidine groups is 1. The van der Waals surface area contributed by atoms with Gasteiger partial charge >= 0.3 is 0 Å². The molecule has 1 unspecified atom stereocenters. The van der Waals surface area contributed by atoms with E-state index in [1.807, 2.05) is 24.5 Å². The van der Waals surface area contributed by atoms with E-state index in [4.69, 9.17) is 16.6 Å². The SMILES string of the molecule is CCNC(=NCCc1ccncc1C)NC1CCN(c2ncccc2Cl)C1.I. The minimum Gasteiger partial charge on any atom is -0.357 e. The lowest BCUT2D eigenvalue weighted by Crippen LogP contribution is -2.44. The van der Waals surface area contributed by atoms with Crippen LogP contribution in [0.3, 0.4) is 0 Å². The maximum atomic E-state index is 6.28. The van der Waals surface area contributed by atoms with E-state index < -0.39 is 0 Å². The molecule has 0 bridgehead atoms. The fraction of sp³-hybridized carbons (Fsp3) is 0.450. The van der Waals surface area contributed by atoms with Crippen molar-refractivity contribution in [3.05, 3.63) is 52.9 Å². The molecule has 152 valence electrons. The van der Waals surface area contributed by atoms with Crippen molar-refractivity contribution < 1.29 is 0 Å². The van der Waals surface area contributed by atoms with Crippen LogP contribution in [0, 0.1) is 6.92 Å². The van der Waals surface area contributed by atoms with Gasteiger partial charge in [-0.3, -0.25) is 9.98 Å². The molecular formula is C20H28ClIN6. The lowest BCUT2D eigenvalue weighted by Gasteiger charge is -2.20. The largest absolute Gasteiger partial charge is 0.357 e. The van der Waals surface area contributed by atoms with E-state index in [1.54, 1.807) is 6.20 Å². The summed E-state index contributed by atoms with van der Waals surface area (Å²) in [5.74, 6) is 1.72. The highest BCUT2D eigenvalue weighted by Crippen LogP contribution is 2.25. The highest BCUT2D eigenvalue weighted by atomic mass is 127. The summed E-state index contributed by atoms with van der Waals surface area (Å²) < 4.78 is 0. The van der Waals surface area contributed by atoms with E-state index in [-0.39, 0.29) is 24.0 Å². The van der Waals surface area contributed by atoms with Crippen LogP contribution >= 0.6 is 35.6 Å². The van der Waals surface area contributed by atoms with Crippen molar-refractivity contribution in [3.8, 4) is 0 Å². The Morgan fingerprint density at radius 3 is 2.96 bits per heavy atom. The van der Waals surface area contributed by atoms with Crippen LogP contribution in [-0.2, 0) is 6.42 Å². The van der Waals surface area contributed by atoms with Crippen molar-refractivity contribution in [2.24, 2.45) is 4.99 Å². The number of aliphatic imine (C=N–C) groups is 1. The lowest BCUT2D eigenvalue weighted by molar-refractivity contribution is 0.648. The monoisotopic (exact) mass is 514 g/mol. The Bertz CT molecular complexity index is 785. The molecule has 0 amide bonds. The van der Waals surface area contributed by atoms with Crippen LogP contribution in [-0.4, -0.2) is 48.1 Å². The highest BCUT2D eigenvalue weighted by Gasteiger charge is 2.25. The average molecular weight is 515 g/mol. The van der Waals surface area contributed by atoms with Gasteiger partial charge in [-0.05, 0) is 56.0 Å². The van der Waals surface area contributed by atoms with Crippen molar-refractivity contribution in [2.45, 2.75) is 32.7 Å². The van der Waals surface area contributed by atoms with E-state index in [1.165, 1.54) is 11.1 Å². The summed E-state index contributed by atoms with van der Waals surface area (Å²) in [6.45, 7) is 7.55. The van der Waals surface area contributed by atoms with Gasteiger partial charge in [0.25, 0.3) is 0 Å². The molecule has 1 aliphatic heterocycles. The zero-order chi connectivity index (χ0) is 19.1. The summed E-state index contributed by atoms with van der Waals surface area (Å²) in [5.41, 5.74) is 2.51. The van der Waals surface area contributed by atoms with Crippen molar-refractivity contribution in [1.29, 1.82) is 0 Å². The summed E-state index contributed by atoms with van der Waals surface area (Å²) in [6, 6.07) is 6.13. The minimum atomic E-state index is 0. The predicted molar refractivity (Wildman–Crippen MR) is 127 cm³/mol. The zero-order valence-electron chi connectivity index (χ0n) is 16.4. The van der Waals surface area contributed by atoms with Gasteiger partial charge in [0.05, 0.1) is 5.02 Å². The summed E-state index contributed by atoms with van der Waals surface area (Å²) >= 11 is 6.28. The third-order valence-electron chi connectivity index (χ3n) is 4.70. The minimum absolute atomic E-state index is 0.